The molecule has 2 aromatic heterocycles. The highest BCUT2D eigenvalue weighted by molar-refractivity contribution is 5.79. The Bertz CT molecular complexity index is 634. The van der Waals surface area contributed by atoms with Crippen molar-refractivity contribution in [1.29, 1.82) is 0 Å². The van der Waals surface area contributed by atoms with Crippen molar-refractivity contribution in [2.24, 2.45) is 4.99 Å². The lowest BCUT2D eigenvalue weighted by Crippen LogP contribution is -2.45. The second kappa shape index (κ2) is 7.22. The molecule has 0 spiro atoms. The Balaban J connectivity index is 2.06. The average Bonchev–Trinajstić information content (AvgIpc) is 2.93. The molecule has 22 heavy (non-hydrogen) atoms. The predicted octanol–water partition coefficient (Wildman–Crippen LogP) is 1.21. The third-order valence-electron chi connectivity index (χ3n) is 3.34. The molecule has 0 amide bonds. The lowest BCUT2D eigenvalue weighted by atomic mass is 10.1. The van der Waals surface area contributed by atoms with Gasteiger partial charge < -0.3 is 15.4 Å². The van der Waals surface area contributed by atoms with Gasteiger partial charge in [-0.25, -0.2) is 4.99 Å². The van der Waals surface area contributed by atoms with Crippen LogP contribution in [0.3, 0.4) is 0 Å². The largest absolute Gasteiger partial charge is 0.377 e. The van der Waals surface area contributed by atoms with Gasteiger partial charge in [-0.15, -0.1) is 10.2 Å². The smallest absolute Gasteiger partial charge is 0.191 e. The quantitative estimate of drug-likeness (QED) is 0.620. The second-order valence-corrected chi connectivity index (χ2v) is 5.56. The summed E-state index contributed by atoms with van der Waals surface area (Å²) in [5, 5.41) is 14.8. The lowest BCUT2D eigenvalue weighted by molar-refractivity contribution is 0.0268. The van der Waals surface area contributed by atoms with Crippen molar-refractivity contribution in [2.45, 2.75) is 32.9 Å². The van der Waals surface area contributed by atoms with Crippen LogP contribution in [0.2, 0.25) is 0 Å². The fourth-order valence-corrected chi connectivity index (χ4v) is 1.86. The normalized spacial score (nSPS) is 12.6. The third-order valence-corrected chi connectivity index (χ3v) is 3.34. The van der Waals surface area contributed by atoms with Gasteiger partial charge in [0.05, 0.1) is 5.60 Å². The van der Waals surface area contributed by atoms with E-state index in [4.69, 9.17) is 4.74 Å². The van der Waals surface area contributed by atoms with Gasteiger partial charge in [-0.1, -0.05) is 6.07 Å². The van der Waals surface area contributed by atoms with Crippen molar-refractivity contribution in [3.8, 4) is 0 Å². The molecule has 0 atom stereocenters. The van der Waals surface area contributed by atoms with Crippen LogP contribution in [0.4, 0.5) is 0 Å². The maximum atomic E-state index is 5.40. The Kier molecular flexibility index (Phi) is 5.32. The molecule has 2 aromatic rings. The van der Waals surface area contributed by atoms with E-state index in [9.17, 15) is 0 Å². The molecule has 2 heterocycles. The minimum atomic E-state index is -0.252. The van der Waals surface area contributed by atoms with Crippen molar-refractivity contribution in [3.63, 3.8) is 0 Å². The van der Waals surface area contributed by atoms with E-state index < -0.39 is 0 Å². The van der Waals surface area contributed by atoms with E-state index in [1.54, 1.807) is 7.11 Å². The van der Waals surface area contributed by atoms with Crippen LogP contribution in [0, 0.1) is 0 Å². The van der Waals surface area contributed by atoms with Crippen molar-refractivity contribution in [1.82, 2.24) is 25.2 Å². The van der Waals surface area contributed by atoms with Gasteiger partial charge >= 0.3 is 0 Å². The van der Waals surface area contributed by atoms with E-state index in [2.05, 4.69) is 25.8 Å². The molecule has 0 aliphatic rings. The van der Waals surface area contributed by atoms with Crippen molar-refractivity contribution in [2.75, 3.05) is 20.2 Å². The number of methoxy groups -OCH3 is 1. The van der Waals surface area contributed by atoms with Gasteiger partial charge in [-0.2, -0.15) is 0 Å². The Morgan fingerprint density at radius 1 is 1.32 bits per heavy atom. The van der Waals surface area contributed by atoms with E-state index in [1.165, 1.54) is 0 Å². The summed E-state index contributed by atoms with van der Waals surface area (Å²) in [6.07, 6.45) is 1.94. The summed E-state index contributed by atoms with van der Waals surface area (Å²) in [4.78, 5) is 4.56. The Hall–Kier alpha value is -2.15. The van der Waals surface area contributed by atoms with Gasteiger partial charge in [-0.3, -0.25) is 4.40 Å². The first-order chi connectivity index (χ1) is 10.6. The number of aromatic nitrogens is 3. The van der Waals surface area contributed by atoms with Crippen molar-refractivity contribution in [3.05, 3.63) is 30.2 Å². The summed E-state index contributed by atoms with van der Waals surface area (Å²) < 4.78 is 7.34. The zero-order valence-corrected chi connectivity index (χ0v) is 13.6. The van der Waals surface area contributed by atoms with Crippen LogP contribution in [0.15, 0.2) is 29.4 Å². The Labute approximate surface area is 130 Å². The second-order valence-electron chi connectivity index (χ2n) is 5.56. The number of guanidine groups is 1. The Morgan fingerprint density at radius 3 is 2.86 bits per heavy atom. The standard InChI is InChI=1S/C15H24N6O/c1-5-16-14(18-11-15(2,3)22-4)17-10-13-20-19-12-8-6-7-9-21(12)13/h6-9H,5,10-11H2,1-4H3,(H2,16,17,18). The molecule has 0 radical (unpaired) electrons. The van der Waals surface area contributed by atoms with Crippen LogP contribution in [0.25, 0.3) is 5.65 Å². The number of nitrogens with one attached hydrogen (secondary N) is 2. The highest BCUT2D eigenvalue weighted by Gasteiger charge is 2.16. The first-order valence-corrected chi connectivity index (χ1v) is 7.41. The predicted molar refractivity (Wildman–Crippen MR) is 86.9 cm³/mol. The number of ether oxygens (including phenoxy) is 1. The summed E-state index contributed by atoms with van der Waals surface area (Å²) in [5.74, 6) is 1.54. The summed E-state index contributed by atoms with van der Waals surface area (Å²) in [5.41, 5.74) is 0.573. The lowest BCUT2D eigenvalue weighted by Gasteiger charge is -2.24. The highest BCUT2D eigenvalue weighted by atomic mass is 16.5. The van der Waals surface area contributed by atoms with Gasteiger partial charge in [0.2, 0.25) is 0 Å². The first kappa shape index (κ1) is 16.2. The molecule has 0 fully saturated rings. The minimum absolute atomic E-state index is 0.252. The molecule has 0 unspecified atom stereocenters. The van der Waals surface area contributed by atoms with Crippen LogP contribution in [0.5, 0.6) is 0 Å². The van der Waals surface area contributed by atoms with Gasteiger partial charge in [0, 0.05) is 26.4 Å². The number of fused-ring (bicyclic) bond motifs is 1. The molecule has 2 N–H and O–H groups in total. The Morgan fingerprint density at radius 2 is 2.14 bits per heavy atom. The van der Waals surface area contributed by atoms with Gasteiger partial charge in [0.1, 0.15) is 6.54 Å². The zero-order chi connectivity index (χ0) is 16.0. The highest BCUT2D eigenvalue weighted by Crippen LogP contribution is 2.05. The number of aliphatic imine (C=N–C) groups is 1. The number of rotatable bonds is 6. The van der Waals surface area contributed by atoms with Crippen LogP contribution in [0.1, 0.15) is 26.6 Å². The maximum absolute atomic E-state index is 5.40. The zero-order valence-electron chi connectivity index (χ0n) is 13.6. The number of hydrogen-bond donors (Lipinski definition) is 2. The summed E-state index contributed by atoms with van der Waals surface area (Å²) in [7, 11) is 1.70. The van der Waals surface area contributed by atoms with Gasteiger partial charge in [0.25, 0.3) is 0 Å². The molecule has 0 aliphatic carbocycles. The summed E-state index contributed by atoms with van der Waals surface area (Å²) >= 11 is 0. The molecule has 0 aliphatic heterocycles. The number of nitrogens with zero attached hydrogens (tertiary/aromatic N) is 4. The molecular formula is C15H24N6O. The topological polar surface area (TPSA) is 75.8 Å². The molecule has 7 heteroatoms. The molecule has 120 valence electrons. The number of hydrogen-bond acceptors (Lipinski definition) is 4. The van der Waals surface area contributed by atoms with E-state index in [0.29, 0.717) is 13.1 Å². The first-order valence-electron chi connectivity index (χ1n) is 7.41. The summed E-state index contributed by atoms with van der Waals surface area (Å²) in [6, 6.07) is 5.81. The third kappa shape index (κ3) is 4.17. The van der Waals surface area contributed by atoms with Crippen LogP contribution < -0.4 is 10.6 Å². The average molecular weight is 304 g/mol. The molecule has 0 bridgehead atoms. The molecular weight excluding hydrogens is 280 g/mol. The molecule has 7 nitrogen and oxygen atoms in total. The van der Waals surface area contributed by atoms with E-state index >= 15 is 0 Å². The van der Waals surface area contributed by atoms with Crippen LogP contribution in [-0.4, -0.2) is 46.4 Å². The monoisotopic (exact) mass is 304 g/mol. The van der Waals surface area contributed by atoms with Crippen molar-refractivity contribution < 1.29 is 4.74 Å². The molecule has 0 saturated carbocycles. The van der Waals surface area contributed by atoms with E-state index in [1.807, 2.05) is 49.6 Å². The fourth-order valence-electron chi connectivity index (χ4n) is 1.86. The number of pyridine rings is 1. The van der Waals surface area contributed by atoms with Crippen LogP contribution in [-0.2, 0) is 11.3 Å². The SMILES string of the molecule is CCNC(=NCc1nnc2ccccn12)NCC(C)(C)OC. The maximum Gasteiger partial charge on any atom is 0.191 e. The van der Waals surface area contributed by atoms with Crippen LogP contribution >= 0.6 is 0 Å². The fraction of sp³-hybridized carbons (Fsp3) is 0.533. The minimum Gasteiger partial charge on any atom is -0.377 e. The van der Waals surface area contributed by atoms with Crippen molar-refractivity contribution >= 4 is 11.6 Å². The van der Waals surface area contributed by atoms with E-state index in [-0.39, 0.29) is 5.60 Å². The van der Waals surface area contributed by atoms with E-state index in [0.717, 1.165) is 24.0 Å². The molecule has 2 rings (SSSR count). The molecule has 0 saturated heterocycles. The van der Waals surface area contributed by atoms with Gasteiger partial charge in [0.15, 0.2) is 17.4 Å². The van der Waals surface area contributed by atoms with Gasteiger partial charge in [-0.05, 0) is 32.9 Å². The summed E-state index contributed by atoms with van der Waals surface area (Å²) in [6.45, 7) is 7.99. The molecule has 0 aromatic carbocycles.